The van der Waals surface area contributed by atoms with E-state index in [2.05, 4.69) is 10.5 Å². The molecule has 3 rings (SSSR count). The van der Waals surface area contributed by atoms with Crippen molar-refractivity contribution in [2.24, 2.45) is 5.10 Å². The van der Waals surface area contributed by atoms with E-state index in [0.29, 0.717) is 28.0 Å². The van der Waals surface area contributed by atoms with Gasteiger partial charge in [-0.25, -0.2) is 5.43 Å². The molecule has 0 unspecified atom stereocenters. The Morgan fingerprint density at radius 2 is 2.00 bits per heavy atom. The highest BCUT2D eigenvalue weighted by Crippen LogP contribution is 2.30. The Bertz CT molecular complexity index is 938. The summed E-state index contributed by atoms with van der Waals surface area (Å²) in [5.41, 5.74) is 3.19. The maximum atomic E-state index is 11.7. The molecular formula is C20H17ClN2O4. The van der Waals surface area contributed by atoms with Gasteiger partial charge in [-0.2, -0.15) is 5.10 Å². The average molecular weight is 385 g/mol. The van der Waals surface area contributed by atoms with E-state index in [1.165, 1.54) is 6.21 Å². The molecule has 1 amide bonds. The van der Waals surface area contributed by atoms with E-state index >= 15 is 0 Å². The zero-order valence-electron chi connectivity index (χ0n) is 14.5. The summed E-state index contributed by atoms with van der Waals surface area (Å²) in [5, 5.41) is 4.35. The molecule has 0 saturated heterocycles. The van der Waals surface area contributed by atoms with Crippen LogP contribution in [0.4, 0.5) is 0 Å². The molecule has 1 aromatic heterocycles. The first-order chi connectivity index (χ1) is 13.2. The lowest BCUT2D eigenvalue weighted by Crippen LogP contribution is -2.24. The molecule has 3 aromatic rings. The summed E-state index contributed by atoms with van der Waals surface area (Å²) in [6.45, 7) is -0.130. The molecule has 0 radical (unpaired) electrons. The molecule has 0 fully saturated rings. The first kappa shape index (κ1) is 18.5. The second kappa shape index (κ2) is 8.91. The SMILES string of the molecule is COc1ccc(-c2ccc(/C=N/NC(=O)COc3ccccc3)o2)cc1Cl. The van der Waals surface area contributed by atoms with Gasteiger partial charge in [0.05, 0.1) is 18.3 Å². The van der Waals surface area contributed by atoms with Crippen LogP contribution < -0.4 is 14.9 Å². The van der Waals surface area contributed by atoms with Crippen LogP contribution in [0.2, 0.25) is 5.02 Å². The quantitative estimate of drug-likeness (QED) is 0.491. The fourth-order valence-corrected chi connectivity index (χ4v) is 2.52. The van der Waals surface area contributed by atoms with Crippen molar-refractivity contribution >= 4 is 23.7 Å². The van der Waals surface area contributed by atoms with Gasteiger partial charge in [0.15, 0.2) is 6.61 Å². The fraction of sp³-hybridized carbons (Fsp3) is 0.100. The largest absolute Gasteiger partial charge is 0.495 e. The van der Waals surface area contributed by atoms with E-state index in [4.69, 9.17) is 25.5 Å². The summed E-state index contributed by atoms with van der Waals surface area (Å²) >= 11 is 6.13. The zero-order chi connectivity index (χ0) is 19.1. The first-order valence-electron chi connectivity index (χ1n) is 8.09. The number of benzene rings is 2. The summed E-state index contributed by atoms with van der Waals surface area (Å²) < 4.78 is 16.1. The third kappa shape index (κ3) is 5.12. The molecule has 1 N–H and O–H groups in total. The van der Waals surface area contributed by atoms with E-state index in [1.54, 1.807) is 43.5 Å². The van der Waals surface area contributed by atoms with Gasteiger partial charge in [0.2, 0.25) is 0 Å². The van der Waals surface area contributed by atoms with Crippen LogP contribution in [0.15, 0.2) is 70.2 Å². The van der Waals surface area contributed by atoms with Gasteiger partial charge in [-0.05, 0) is 42.5 Å². The Hall–Kier alpha value is -3.25. The van der Waals surface area contributed by atoms with Crippen LogP contribution in [-0.4, -0.2) is 25.8 Å². The highest BCUT2D eigenvalue weighted by Gasteiger charge is 2.07. The molecule has 27 heavy (non-hydrogen) atoms. The molecule has 0 saturated carbocycles. The van der Waals surface area contributed by atoms with Gasteiger partial charge in [-0.1, -0.05) is 29.8 Å². The van der Waals surface area contributed by atoms with Crippen LogP contribution in [0.1, 0.15) is 5.76 Å². The Balaban J connectivity index is 1.54. The van der Waals surface area contributed by atoms with Gasteiger partial charge in [-0.3, -0.25) is 4.79 Å². The number of furan rings is 1. The number of carbonyl (C=O) groups is 1. The van der Waals surface area contributed by atoms with Gasteiger partial charge in [0.1, 0.15) is 23.0 Å². The molecule has 138 valence electrons. The van der Waals surface area contributed by atoms with Crippen LogP contribution in [-0.2, 0) is 4.79 Å². The minimum Gasteiger partial charge on any atom is -0.495 e. The predicted octanol–water partition coefficient (Wildman–Crippen LogP) is 4.14. The monoisotopic (exact) mass is 384 g/mol. The lowest BCUT2D eigenvalue weighted by atomic mass is 10.2. The van der Waals surface area contributed by atoms with Crippen LogP contribution in [0.3, 0.4) is 0 Å². The Kier molecular flexibility index (Phi) is 6.12. The number of halogens is 1. The highest BCUT2D eigenvalue weighted by molar-refractivity contribution is 6.32. The fourth-order valence-electron chi connectivity index (χ4n) is 2.26. The van der Waals surface area contributed by atoms with Crippen LogP contribution >= 0.6 is 11.6 Å². The maximum Gasteiger partial charge on any atom is 0.277 e. The number of ether oxygens (including phenoxy) is 2. The molecule has 0 spiro atoms. The van der Waals surface area contributed by atoms with Crippen LogP contribution in [0, 0.1) is 0 Å². The highest BCUT2D eigenvalue weighted by atomic mass is 35.5. The number of rotatable bonds is 7. The minimum atomic E-state index is -0.371. The number of amides is 1. The second-order valence-electron chi connectivity index (χ2n) is 5.45. The Morgan fingerprint density at radius 3 is 2.74 bits per heavy atom. The molecule has 6 nitrogen and oxygen atoms in total. The van der Waals surface area contributed by atoms with E-state index in [-0.39, 0.29) is 12.5 Å². The van der Waals surface area contributed by atoms with Crippen molar-refractivity contribution in [1.29, 1.82) is 0 Å². The number of carbonyl (C=O) groups excluding carboxylic acids is 1. The number of nitrogens with one attached hydrogen (secondary N) is 1. The zero-order valence-corrected chi connectivity index (χ0v) is 15.3. The average Bonchev–Trinajstić information content (AvgIpc) is 3.16. The van der Waals surface area contributed by atoms with Crippen LogP contribution in [0.25, 0.3) is 11.3 Å². The van der Waals surface area contributed by atoms with Crippen molar-refractivity contribution in [2.75, 3.05) is 13.7 Å². The Labute approximate surface area is 161 Å². The van der Waals surface area contributed by atoms with Gasteiger partial charge in [0, 0.05) is 5.56 Å². The second-order valence-corrected chi connectivity index (χ2v) is 5.85. The third-order valence-corrected chi connectivity index (χ3v) is 3.85. The number of nitrogens with zero attached hydrogens (tertiary/aromatic N) is 1. The lowest BCUT2D eigenvalue weighted by molar-refractivity contribution is -0.123. The summed E-state index contributed by atoms with van der Waals surface area (Å²) in [6.07, 6.45) is 1.41. The van der Waals surface area contributed by atoms with Crippen molar-refractivity contribution in [1.82, 2.24) is 5.43 Å². The predicted molar refractivity (Wildman–Crippen MR) is 103 cm³/mol. The smallest absolute Gasteiger partial charge is 0.277 e. The molecule has 7 heteroatoms. The molecule has 0 aliphatic heterocycles. The number of hydrogen-bond donors (Lipinski definition) is 1. The van der Waals surface area contributed by atoms with E-state index < -0.39 is 0 Å². The number of hydrazone groups is 1. The number of para-hydroxylation sites is 1. The van der Waals surface area contributed by atoms with E-state index in [9.17, 15) is 4.79 Å². The van der Waals surface area contributed by atoms with Crippen molar-refractivity contribution in [3.63, 3.8) is 0 Å². The summed E-state index contributed by atoms with van der Waals surface area (Å²) in [6, 6.07) is 18.0. The molecule has 0 aliphatic carbocycles. The van der Waals surface area contributed by atoms with Crippen molar-refractivity contribution in [3.8, 4) is 22.8 Å². The number of methoxy groups -OCH3 is 1. The standard InChI is InChI=1S/C20H17ClN2O4/c1-25-19-9-7-14(11-17(19)21)18-10-8-16(27-18)12-22-23-20(24)13-26-15-5-3-2-4-6-15/h2-12H,13H2,1H3,(H,23,24)/b22-12+. The molecule has 0 atom stereocenters. The van der Waals surface area contributed by atoms with E-state index in [1.807, 2.05) is 24.3 Å². The lowest BCUT2D eigenvalue weighted by Gasteiger charge is -2.04. The molecule has 2 aromatic carbocycles. The summed E-state index contributed by atoms with van der Waals surface area (Å²) in [7, 11) is 1.56. The Morgan fingerprint density at radius 1 is 1.19 bits per heavy atom. The molecular weight excluding hydrogens is 368 g/mol. The van der Waals surface area contributed by atoms with Gasteiger partial charge >= 0.3 is 0 Å². The molecule has 0 aliphatic rings. The minimum absolute atomic E-state index is 0.130. The van der Waals surface area contributed by atoms with Crippen LogP contribution in [0.5, 0.6) is 11.5 Å². The summed E-state index contributed by atoms with van der Waals surface area (Å²) in [4.78, 5) is 11.7. The van der Waals surface area contributed by atoms with Crippen molar-refractivity contribution in [2.45, 2.75) is 0 Å². The van der Waals surface area contributed by atoms with Gasteiger partial charge < -0.3 is 13.9 Å². The third-order valence-electron chi connectivity index (χ3n) is 3.56. The molecule has 0 bridgehead atoms. The van der Waals surface area contributed by atoms with Gasteiger partial charge in [0.25, 0.3) is 5.91 Å². The normalized spacial score (nSPS) is 10.7. The van der Waals surface area contributed by atoms with E-state index in [0.717, 1.165) is 5.56 Å². The topological polar surface area (TPSA) is 73.1 Å². The van der Waals surface area contributed by atoms with Gasteiger partial charge in [-0.15, -0.1) is 0 Å². The van der Waals surface area contributed by atoms with Crippen molar-refractivity contribution in [3.05, 3.63) is 71.4 Å². The number of hydrogen-bond acceptors (Lipinski definition) is 5. The maximum absolute atomic E-state index is 11.7. The first-order valence-corrected chi connectivity index (χ1v) is 8.47. The molecule has 1 heterocycles. The summed E-state index contributed by atoms with van der Waals surface area (Å²) in [5.74, 6) is 1.95. The van der Waals surface area contributed by atoms with Crippen molar-refractivity contribution < 1.29 is 18.7 Å².